The Labute approximate surface area is 166 Å². The summed E-state index contributed by atoms with van der Waals surface area (Å²) in [5, 5.41) is 7.24. The summed E-state index contributed by atoms with van der Waals surface area (Å²) in [5.41, 5.74) is 0.892. The SMILES string of the molecule is COc1ccccc1C(=O)NCCn1nc(-c2ccc(F)cc2)n(C2CC2)c1=O. The summed E-state index contributed by atoms with van der Waals surface area (Å²) in [7, 11) is 1.51. The van der Waals surface area contributed by atoms with Crippen molar-refractivity contribution in [2.45, 2.75) is 25.4 Å². The van der Waals surface area contributed by atoms with Gasteiger partial charge < -0.3 is 10.1 Å². The highest BCUT2D eigenvalue weighted by Crippen LogP contribution is 2.36. The van der Waals surface area contributed by atoms with Crippen molar-refractivity contribution in [1.29, 1.82) is 0 Å². The molecule has 0 bridgehead atoms. The lowest BCUT2D eigenvalue weighted by Gasteiger charge is -2.08. The van der Waals surface area contributed by atoms with Gasteiger partial charge in [-0.3, -0.25) is 9.36 Å². The molecule has 1 aromatic heterocycles. The van der Waals surface area contributed by atoms with Crippen LogP contribution in [0.4, 0.5) is 4.39 Å². The zero-order valence-electron chi connectivity index (χ0n) is 16.0. The van der Waals surface area contributed by atoms with Crippen molar-refractivity contribution >= 4 is 5.91 Å². The summed E-state index contributed by atoms with van der Waals surface area (Å²) in [6, 6.07) is 13.0. The molecule has 150 valence electrons. The third kappa shape index (κ3) is 3.91. The summed E-state index contributed by atoms with van der Waals surface area (Å²) in [6.45, 7) is 0.467. The Kier molecular flexibility index (Phi) is 5.16. The fraction of sp³-hybridized carbons (Fsp3) is 0.286. The van der Waals surface area contributed by atoms with Gasteiger partial charge in [0.05, 0.1) is 19.2 Å². The van der Waals surface area contributed by atoms with Gasteiger partial charge in [0.1, 0.15) is 11.6 Å². The average molecular weight is 396 g/mol. The van der Waals surface area contributed by atoms with Crippen molar-refractivity contribution in [3.63, 3.8) is 0 Å². The number of benzene rings is 2. The van der Waals surface area contributed by atoms with Gasteiger partial charge in [-0.25, -0.2) is 13.9 Å². The van der Waals surface area contributed by atoms with Crippen molar-refractivity contribution in [3.8, 4) is 17.1 Å². The Hall–Kier alpha value is -3.42. The third-order valence-corrected chi connectivity index (χ3v) is 4.85. The number of ether oxygens (including phenoxy) is 1. The molecule has 29 heavy (non-hydrogen) atoms. The first kappa shape index (κ1) is 18.9. The van der Waals surface area contributed by atoms with Crippen LogP contribution in [0.15, 0.2) is 53.3 Å². The quantitative estimate of drug-likeness (QED) is 0.666. The molecule has 1 heterocycles. The van der Waals surface area contributed by atoms with Crippen molar-refractivity contribution in [3.05, 3.63) is 70.4 Å². The fourth-order valence-electron chi connectivity index (χ4n) is 3.23. The lowest BCUT2D eigenvalue weighted by molar-refractivity contribution is 0.0948. The monoisotopic (exact) mass is 396 g/mol. The van der Waals surface area contributed by atoms with E-state index in [-0.39, 0.29) is 36.5 Å². The molecular formula is C21H21FN4O3. The molecule has 4 rings (SSSR count). The number of methoxy groups -OCH3 is 1. The summed E-state index contributed by atoms with van der Waals surface area (Å²) in [4.78, 5) is 25.2. The summed E-state index contributed by atoms with van der Waals surface area (Å²) >= 11 is 0. The molecule has 0 aliphatic heterocycles. The largest absolute Gasteiger partial charge is 0.496 e. The molecule has 0 atom stereocenters. The van der Waals surface area contributed by atoms with Crippen molar-refractivity contribution in [2.24, 2.45) is 0 Å². The van der Waals surface area contributed by atoms with E-state index in [4.69, 9.17) is 4.74 Å². The number of aromatic nitrogens is 3. The molecule has 1 amide bonds. The number of para-hydroxylation sites is 1. The molecule has 1 fully saturated rings. The maximum absolute atomic E-state index is 13.3. The fourth-order valence-corrected chi connectivity index (χ4v) is 3.23. The van der Waals surface area contributed by atoms with E-state index in [1.807, 2.05) is 0 Å². The van der Waals surface area contributed by atoms with E-state index in [1.54, 1.807) is 41.0 Å². The van der Waals surface area contributed by atoms with Crippen LogP contribution >= 0.6 is 0 Å². The second kappa shape index (κ2) is 7.90. The zero-order valence-corrected chi connectivity index (χ0v) is 16.0. The number of hydrogen-bond donors (Lipinski definition) is 1. The van der Waals surface area contributed by atoms with Crippen molar-refractivity contribution < 1.29 is 13.9 Å². The molecular weight excluding hydrogens is 375 g/mol. The van der Waals surface area contributed by atoms with Crippen molar-refractivity contribution in [1.82, 2.24) is 19.7 Å². The zero-order chi connectivity index (χ0) is 20.4. The smallest absolute Gasteiger partial charge is 0.346 e. The van der Waals surface area contributed by atoms with Crippen molar-refractivity contribution in [2.75, 3.05) is 13.7 Å². The maximum Gasteiger partial charge on any atom is 0.346 e. The molecule has 8 heteroatoms. The first-order valence-electron chi connectivity index (χ1n) is 9.45. The van der Waals surface area contributed by atoms with E-state index in [1.165, 1.54) is 23.9 Å². The third-order valence-electron chi connectivity index (χ3n) is 4.85. The first-order chi connectivity index (χ1) is 14.1. The van der Waals surface area contributed by atoms with E-state index in [0.717, 1.165) is 12.8 Å². The number of rotatable bonds is 7. The van der Waals surface area contributed by atoms with Gasteiger partial charge in [0.15, 0.2) is 5.82 Å². The topological polar surface area (TPSA) is 78.2 Å². The molecule has 1 aliphatic carbocycles. The predicted molar refractivity (Wildman–Crippen MR) is 105 cm³/mol. The van der Waals surface area contributed by atoms with E-state index in [9.17, 15) is 14.0 Å². The molecule has 1 aliphatic rings. The van der Waals surface area contributed by atoms with Crippen LogP contribution in [-0.2, 0) is 6.54 Å². The van der Waals surface area contributed by atoms with Gasteiger partial charge >= 0.3 is 5.69 Å². The lowest BCUT2D eigenvalue weighted by Crippen LogP contribution is -2.32. The number of halogens is 1. The van der Waals surface area contributed by atoms with E-state index < -0.39 is 0 Å². The molecule has 3 aromatic rings. The van der Waals surface area contributed by atoms with Gasteiger partial charge in [-0.2, -0.15) is 0 Å². The minimum absolute atomic E-state index is 0.125. The normalized spacial score (nSPS) is 13.3. The van der Waals surface area contributed by atoms with Gasteiger partial charge in [0, 0.05) is 18.2 Å². The van der Waals surface area contributed by atoms with Gasteiger partial charge in [-0.15, -0.1) is 5.10 Å². The summed E-state index contributed by atoms with van der Waals surface area (Å²) < 4.78 is 21.5. The molecule has 0 spiro atoms. The standard InChI is InChI=1S/C21H21FN4O3/c1-29-18-5-3-2-4-17(18)20(27)23-12-13-25-21(28)26(16-10-11-16)19(24-25)14-6-8-15(22)9-7-14/h2-9,16H,10-13H2,1H3,(H,23,27). The number of nitrogens with zero attached hydrogens (tertiary/aromatic N) is 3. The highest BCUT2D eigenvalue weighted by molar-refractivity contribution is 5.96. The van der Waals surface area contributed by atoms with E-state index in [2.05, 4.69) is 10.4 Å². The maximum atomic E-state index is 13.3. The minimum Gasteiger partial charge on any atom is -0.496 e. The van der Waals surface area contributed by atoms with Crippen LogP contribution in [0.1, 0.15) is 29.2 Å². The van der Waals surface area contributed by atoms with Gasteiger partial charge in [0.2, 0.25) is 0 Å². The van der Waals surface area contributed by atoms with Crippen LogP contribution in [0, 0.1) is 5.82 Å². The number of amides is 1. The van der Waals surface area contributed by atoms with Crippen LogP contribution in [0.3, 0.4) is 0 Å². The summed E-state index contributed by atoms with van der Waals surface area (Å²) in [6.07, 6.45) is 1.84. The summed E-state index contributed by atoms with van der Waals surface area (Å²) in [5.74, 6) is 0.385. The Morgan fingerprint density at radius 3 is 2.62 bits per heavy atom. The van der Waals surface area contributed by atoms with Crippen LogP contribution in [0.5, 0.6) is 5.75 Å². The van der Waals surface area contributed by atoms with Crippen LogP contribution in [0.2, 0.25) is 0 Å². The predicted octanol–water partition coefficient (Wildman–Crippen LogP) is 2.62. The van der Waals surface area contributed by atoms with E-state index in [0.29, 0.717) is 22.7 Å². The number of nitrogens with one attached hydrogen (secondary N) is 1. The second-order valence-corrected chi connectivity index (χ2v) is 6.89. The number of carbonyl (C=O) groups excluding carboxylic acids is 1. The molecule has 1 saturated carbocycles. The Balaban J connectivity index is 1.51. The van der Waals surface area contributed by atoms with E-state index >= 15 is 0 Å². The molecule has 7 nitrogen and oxygen atoms in total. The molecule has 0 unspecified atom stereocenters. The second-order valence-electron chi connectivity index (χ2n) is 6.89. The minimum atomic E-state index is -0.340. The molecule has 2 aromatic carbocycles. The number of carbonyl (C=O) groups is 1. The van der Waals surface area contributed by atoms with Crippen LogP contribution < -0.4 is 15.7 Å². The lowest BCUT2D eigenvalue weighted by atomic mass is 10.2. The van der Waals surface area contributed by atoms with Crippen LogP contribution in [-0.4, -0.2) is 33.9 Å². The Morgan fingerprint density at radius 1 is 1.21 bits per heavy atom. The van der Waals surface area contributed by atoms with Gasteiger partial charge in [-0.05, 0) is 49.2 Å². The highest BCUT2D eigenvalue weighted by atomic mass is 19.1. The van der Waals surface area contributed by atoms with Gasteiger partial charge in [0.25, 0.3) is 5.91 Å². The Morgan fingerprint density at radius 2 is 1.93 bits per heavy atom. The Bertz CT molecular complexity index is 1080. The molecule has 0 radical (unpaired) electrons. The molecule has 1 N–H and O–H groups in total. The van der Waals surface area contributed by atoms with Crippen LogP contribution in [0.25, 0.3) is 11.4 Å². The molecule has 0 saturated heterocycles. The number of hydrogen-bond acceptors (Lipinski definition) is 4. The average Bonchev–Trinajstić information content (AvgIpc) is 3.52. The van der Waals surface area contributed by atoms with Gasteiger partial charge in [-0.1, -0.05) is 12.1 Å². The highest BCUT2D eigenvalue weighted by Gasteiger charge is 2.30. The first-order valence-corrected chi connectivity index (χ1v) is 9.45.